The molecule has 0 aliphatic carbocycles. The van der Waals surface area contributed by atoms with Gasteiger partial charge in [0.2, 0.25) is 0 Å². The molecule has 0 rings (SSSR count). The van der Waals surface area contributed by atoms with Crippen LogP contribution in [0.2, 0.25) is 0 Å². The van der Waals surface area contributed by atoms with E-state index >= 15 is 0 Å². The molecule has 0 aliphatic heterocycles. The summed E-state index contributed by atoms with van der Waals surface area (Å²) in [4.78, 5) is 0. The first-order valence-corrected chi connectivity index (χ1v) is 5.36. The standard InChI is InChI=1S/C6H14O4S/c1-10-5-6(7)3-4-11(2,8)9/h6-7H,3-5H2,1-2H3. The fourth-order valence-electron chi connectivity index (χ4n) is 0.626. The van der Waals surface area contributed by atoms with Crippen LogP contribution < -0.4 is 0 Å². The molecule has 0 bridgehead atoms. The average molecular weight is 182 g/mol. The minimum Gasteiger partial charge on any atom is -0.391 e. The van der Waals surface area contributed by atoms with Crippen LogP contribution in [0.4, 0.5) is 0 Å². The second-order valence-electron chi connectivity index (χ2n) is 2.53. The van der Waals surface area contributed by atoms with Crippen molar-refractivity contribution in [3.8, 4) is 0 Å². The van der Waals surface area contributed by atoms with Crippen molar-refractivity contribution in [1.29, 1.82) is 0 Å². The van der Waals surface area contributed by atoms with Gasteiger partial charge in [-0.1, -0.05) is 0 Å². The molecule has 0 amide bonds. The predicted octanol–water partition coefficient (Wildman–Crippen LogP) is -0.572. The molecule has 0 radical (unpaired) electrons. The lowest BCUT2D eigenvalue weighted by atomic mass is 10.3. The normalized spacial score (nSPS) is 14.8. The Bertz CT molecular complexity index is 185. The van der Waals surface area contributed by atoms with Crippen LogP contribution in [0, 0.1) is 0 Å². The Labute approximate surface area is 67.1 Å². The Morgan fingerprint density at radius 3 is 2.45 bits per heavy atom. The molecule has 4 nitrogen and oxygen atoms in total. The molecule has 0 spiro atoms. The first-order chi connectivity index (χ1) is 4.95. The zero-order valence-corrected chi connectivity index (χ0v) is 7.60. The van der Waals surface area contributed by atoms with Crippen LogP contribution in [-0.4, -0.2) is 45.4 Å². The molecule has 1 N–H and O–H groups in total. The minimum atomic E-state index is -2.95. The Kier molecular flexibility index (Phi) is 4.63. The van der Waals surface area contributed by atoms with E-state index in [1.807, 2.05) is 0 Å². The number of rotatable bonds is 5. The third kappa shape index (κ3) is 7.77. The van der Waals surface area contributed by atoms with Gasteiger partial charge in [0.05, 0.1) is 18.5 Å². The summed E-state index contributed by atoms with van der Waals surface area (Å²) in [6.45, 7) is 0.190. The molecule has 68 valence electrons. The summed E-state index contributed by atoms with van der Waals surface area (Å²) in [5.41, 5.74) is 0. The molecule has 0 fully saturated rings. The summed E-state index contributed by atoms with van der Waals surface area (Å²) < 4.78 is 25.8. The molecule has 0 aliphatic rings. The zero-order valence-electron chi connectivity index (χ0n) is 6.78. The number of sulfone groups is 1. The van der Waals surface area contributed by atoms with Crippen molar-refractivity contribution < 1.29 is 18.3 Å². The second-order valence-corrected chi connectivity index (χ2v) is 4.79. The van der Waals surface area contributed by atoms with E-state index in [0.29, 0.717) is 0 Å². The van der Waals surface area contributed by atoms with Gasteiger partial charge < -0.3 is 9.84 Å². The van der Waals surface area contributed by atoms with E-state index in [4.69, 9.17) is 5.11 Å². The fourth-order valence-corrected chi connectivity index (χ4v) is 1.33. The first-order valence-electron chi connectivity index (χ1n) is 3.30. The predicted molar refractivity (Wildman–Crippen MR) is 42.2 cm³/mol. The van der Waals surface area contributed by atoms with E-state index in [0.717, 1.165) is 6.26 Å². The van der Waals surface area contributed by atoms with Crippen molar-refractivity contribution in [3.05, 3.63) is 0 Å². The van der Waals surface area contributed by atoms with Crippen molar-refractivity contribution in [2.24, 2.45) is 0 Å². The third-order valence-corrected chi connectivity index (χ3v) is 2.16. The first kappa shape index (κ1) is 10.9. The second kappa shape index (κ2) is 4.69. The Hall–Kier alpha value is -0.130. The fraction of sp³-hybridized carbons (Fsp3) is 1.00. The highest BCUT2D eigenvalue weighted by Gasteiger charge is 2.08. The van der Waals surface area contributed by atoms with Crippen molar-refractivity contribution in [2.45, 2.75) is 12.5 Å². The van der Waals surface area contributed by atoms with Gasteiger partial charge in [0.25, 0.3) is 0 Å². The topological polar surface area (TPSA) is 63.6 Å². The van der Waals surface area contributed by atoms with E-state index in [-0.39, 0.29) is 18.8 Å². The lowest BCUT2D eigenvalue weighted by Crippen LogP contribution is -2.18. The van der Waals surface area contributed by atoms with Gasteiger partial charge in [-0.25, -0.2) is 8.42 Å². The van der Waals surface area contributed by atoms with E-state index in [2.05, 4.69) is 4.74 Å². The molecule has 1 unspecified atom stereocenters. The molecule has 0 aromatic carbocycles. The number of hydrogen-bond acceptors (Lipinski definition) is 4. The molecule has 0 aromatic heterocycles. The van der Waals surface area contributed by atoms with Crippen molar-refractivity contribution >= 4 is 9.84 Å². The summed E-state index contributed by atoms with van der Waals surface area (Å²) in [5, 5.41) is 9.02. The number of aliphatic hydroxyl groups is 1. The van der Waals surface area contributed by atoms with Crippen molar-refractivity contribution in [3.63, 3.8) is 0 Å². The van der Waals surface area contributed by atoms with Crippen LogP contribution in [0.25, 0.3) is 0 Å². The molecule has 0 saturated heterocycles. The summed E-state index contributed by atoms with van der Waals surface area (Å²) in [6.07, 6.45) is 0.717. The van der Waals surface area contributed by atoms with Crippen LogP contribution in [0.5, 0.6) is 0 Å². The third-order valence-electron chi connectivity index (χ3n) is 1.18. The molecule has 1 atom stereocenters. The summed E-state index contributed by atoms with van der Waals surface area (Å²) in [7, 11) is -1.49. The number of hydrogen-bond donors (Lipinski definition) is 1. The van der Waals surface area contributed by atoms with Gasteiger partial charge in [-0.2, -0.15) is 0 Å². The van der Waals surface area contributed by atoms with Crippen LogP contribution in [0.1, 0.15) is 6.42 Å². The number of aliphatic hydroxyl groups excluding tert-OH is 1. The largest absolute Gasteiger partial charge is 0.391 e. The summed E-state index contributed by atoms with van der Waals surface area (Å²) in [5.74, 6) is 0.0114. The highest BCUT2D eigenvalue weighted by Crippen LogP contribution is 1.95. The van der Waals surface area contributed by atoms with Gasteiger partial charge in [-0.3, -0.25) is 0 Å². The van der Waals surface area contributed by atoms with E-state index in [1.165, 1.54) is 7.11 Å². The average Bonchev–Trinajstić information content (AvgIpc) is 1.83. The minimum absolute atomic E-state index is 0.0114. The maximum atomic E-state index is 10.6. The smallest absolute Gasteiger partial charge is 0.147 e. The summed E-state index contributed by atoms with van der Waals surface area (Å²) in [6, 6.07) is 0. The maximum Gasteiger partial charge on any atom is 0.147 e. The van der Waals surface area contributed by atoms with Crippen LogP contribution in [0.15, 0.2) is 0 Å². The molecule has 0 aromatic rings. The van der Waals surface area contributed by atoms with Gasteiger partial charge in [0.15, 0.2) is 0 Å². The number of ether oxygens (including phenoxy) is 1. The quantitative estimate of drug-likeness (QED) is 0.618. The van der Waals surface area contributed by atoms with Gasteiger partial charge in [-0.15, -0.1) is 0 Å². The lowest BCUT2D eigenvalue weighted by molar-refractivity contribution is 0.0629. The molecule has 0 saturated carbocycles. The van der Waals surface area contributed by atoms with E-state index < -0.39 is 15.9 Å². The molecule has 11 heavy (non-hydrogen) atoms. The van der Waals surface area contributed by atoms with Crippen molar-refractivity contribution in [1.82, 2.24) is 0 Å². The maximum absolute atomic E-state index is 10.6. The van der Waals surface area contributed by atoms with Gasteiger partial charge >= 0.3 is 0 Å². The zero-order chi connectivity index (χ0) is 8.91. The molecule has 5 heteroatoms. The van der Waals surface area contributed by atoms with Crippen LogP contribution in [0.3, 0.4) is 0 Å². The highest BCUT2D eigenvalue weighted by molar-refractivity contribution is 7.90. The molecular formula is C6H14O4S. The van der Waals surface area contributed by atoms with Gasteiger partial charge in [-0.05, 0) is 6.42 Å². The van der Waals surface area contributed by atoms with Crippen LogP contribution in [-0.2, 0) is 14.6 Å². The SMILES string of the molecule is COCC(O)CCS(C)(=O)=O. The van der Waals surface area contributed by atoms with Gasteiger partial charge in [0.1, 0.15) is 9.84 Å². The Morgan fingerprint density at radius 2 is 2.09 bits per heavy atom. The van der Waals surface area contributed by atoms with Crippen molar-refractivity contribution in [2.75, 3.05) is 25.7 Å². The summed E-state index contributed by atoms with van der Waals surface area (Å²) >= 11 is 0. The molecule has 0 heterocycles. The molecular weight excluding hydrogens is 168 g/mol. The lowest BCUT2D eigenvalue weighted by Gasteiger charge is -2.07. The Morgan fingerprint density at radius 1 is 1.55 bits per heavy atom. The monoisotopic (exact) mass is 182 g/mol. The highest BCUT2D eigenvalue weighted by atomic mass is 32.2. The van der Waals surface area contributed by atoms with Gasteiger partial charge in [0, 0.05) is 13.4 Å². The van der Waals surface area contributed by atoms with Crippen LogP contribution >= 0.6 is 0 Å². The van der Waals surface area contributed by atoms with E-state index in [1.54, 1.807) is 0 Å². The Balaban J connectivity index is 3.54. The van der Waals surface area contributed by atoms with E-state index in [9.17, 15) is 8.42 Å². The number of methoxy groups -OCH3 is 1.